The van der Waals surface area contributed by atoms with Crippen molar-refractivity contribution in [3.63, 3.8) is 0 Å². The summed E-state index contributed by atoms with van der Waals surface area (Å²) in [5.41, 5.74) is 0.688. The van der Waals surface area contributed by atoms with E-state index in [0.29, 0.717) is 24.0 Å². The molecule has 1 aromatic heterocycles. The van der Waals surface area contributed by atoms with E-state index in [1.807, 2.05) is 24.3 Å². The number of piperidine rings is 1. The van der Waals surface area contributed by atoms with Crippen LogP contribution in [0.1, 0.15) is 26.7 Å². The molecule has 0 unspecified atom stereocenters. The number of amides is 2. The molecule has 1 aromatic carbocycles. The zero-order valence-electron chi connectivity index (χ0n) is 15.9. The van der Waals surface area contributed by atoms with Gasteiger partial charge in [0.15, 0.2) is 0 Å². The highest BCUT2D eigenvalue weighted by atomic mass is 16.5. The molecule has 0 radical (unpaired) electrons. The van der Waals surface area contributed by atoms with Crippen LogP contribution in [0.3, 0.4) is 0 Å². The van der Waals surface area contributed by atoms with E-state index < -0.39 is 0 Å². The van der Waals surface area contributed by atoms with E-state index >= 15 is 0 Å². The quantitative estimate of drug-likeness (QED) is 0.817. The number of hydrogen-bond acceptors (Lipinski definition) is 5. The first-order valence-electron chi connectivity index (χ1n) is 9.42. The number of rotatable bonds is 6. The minimum absolute atomic E-state index is 0.140. The summed E-state index contributed by atoms with van der Waals surface area (Å²) in [7, 11) is 0. The number of benzene rings is 1. The van der Waals surface area contributed by atoms with Gasteiger partial charge in [-0.05, 0) is 30.9 Å². The van der Waals surface area contributed by atoms with E-state index in [0.717, 1.165) is 31.7 Å². The molecule has 1 aliphatic heterocycles. The smallest absolute Gasteiger partial charge is 0.319 e. The Bertz CT molecular complexity index is 730. The first-order chi connectivity index (χ1) is 13.1. The molecule has 1 saturated heterocycles. The molecule has 27 heavy (non-hydrogen) atoms. The highest BCUT2D eigenvalue weighted by Gasteiger charge is 2.22. The summed E-state index contributed by atoms with van der Waals surface area (Å²) >= 11 is 0. The molecule has 0 bridgehead atoms. The van der Waals surface area contributed by atoms with Crippen LogP contribution in [0.2, 0.25) is 0 Å². The zero-order valence-corrected chi connectivity index (χ0v) is 15.9. The molecule has 1 fully saturated rings. The molecule has 1 aliphatic rings. The zero-order chi connectivity index (χ0) is 19.1. The molecular formula is C20H27N5O2. The van der Waals surface area contributed by atoms with Gasteiger partial charge >= 0.3 is 6.03 Å². The first-order valence-corrected chi connectivity index (χ1v) is 9.42. The lowest BCUT2D eigenvalue weighted by atomic mass is 10.1. The second-order valence-corrected chi connectivity index (χ2v) is 7.12. The Balaban J connectivity index is 1.49. The molecule has 0 atom stereocenters. The molecule has 3 rings (SSSR count). The largest absolute Gasteiger partial charge is 0.491 e. The first kappa shape index (κ1) is 18.9. The van der Waals surface area contributed by atoms with Crippen LogP contribution in [0.15, 0.2) is 42.9 Å². The van der Waals surface area contributed by atoms with Gasteiger partial charge in [-0.2, -0.15) is 0 Å². The number of urea groups is 1. The van der Waals surface area contributed by atoms with Gasteiger partial charge in [-0.15, -0.1) is 0 Å². The molecule has 7 nitrogen and oxygen atoms in total. The lowest BCUT2D eigenvalue weighted by molar-refractivity contribution is 0.245. The third-order valence-electron chi connectivity index (χ3n) is 4.41. The monoisotopic (exact) mass is 369 g/mol. The molecule has 2 heterocycles. The highest BCUT2D eigenvalue weighted by Crippen LogP contribution is 2.24. The summed E-state index contributed by atoms with van der Waals surface area (Å²) in [5, 5.41) is 5.98. The van der Waals surface area contributed by atoms with Crippen molar-refractivity contribution in [2.75, 3.05) is 29.9 Å². The molecule has 2 N–H and O–H groups in total. The fraction of sp³-hybridized carbons (Fsp3) is 0.450. The van der Waals surface area contributed by atoms with Crippen molar-refractivity contribution >= 4 is 17.5 Å². The number of aromatic nitrogens is 2. The van der Waals surface area contributed by atoms with Crippen molar-refractivity contribution in [3.8, 4) is 5.75 Å². The van der Waals surface area contributed by atoms with Crippen molar-refractivity contribution in [3.05, 3.63) is 42.9 Å². The van der Waals surface area contributed by atoms with Crippen LogP contribution in [-0.4, -0.2) is 41.7 Å². The Labute approximate surface area is 160 Å². The average Bonchev–Trinajstić information content (AvgIpc) is 2.68. The number of carbonyl (C=O) groups is 1. The molecule has 0 spiro atoms. The predicted octanol–water partition coefficient (Wildman–Crippen LogP) is 3.30. The van der Waals surface area contributed by atoms with Crippen LogP contribution in [-0.2, 0) is 0 Å². The van der Waals surface area contributed by atoms with Crippen molar-refractivity contribution in [1.29, 1.82) is 0 Å². The number of para-hydroxylation sites is 2. The minimum atomic E-state index is -0.200. The third kappa shape index (κ3) is 5.57. The second kappa shape index (κ2) is 9.21. The predicted molar refractivity (Wildman–Crippen MR) is 106 cm³/mol. The van der Waals surface area contributed by atoms with Crippen LogP contribution in [0, 0.1) is 5.92 Å². The lowest BCUT2D eigenvalue weighted by Crippen LogP contribution is -2.46. The molecule has 0 aliphatic carbocycles. The van der Waals surface area contributed by atoms with Gasteiger partial charge < -0.3 is 20.3 Å². The normalized spacial score (nSPS) is 14.9. The van der Waals surface area contributed by atoms with Crippen molar-refractivity contribution in [2.24, 2.45) is 5.92 Å². The molecule has 7 heteroatoms. The van der Waals surface area contributed by atoms with Gasteiger partial charge in [-0.25, -0.2) is 9.78 Å². The van der Waals surface area contributed by atoms with E-state index in [1.54, 1.807) is 18.6 Å². The van der Waals surface area contributed by atoms with Crippen LogP contribution < -0.4 is 20.3 Å². The highest BCUT2D eigenvalue weighted by molar-refractivity contribution is 5.91. The van der Waals surface area contributed by atoms with Crippen molar-refractivity contribution in [1.82, 2.24) is 15.3 Å². The fourth-order valence-electron chi connectivity index (χ4n) is 3.00. The Morgan fingerprint density at radius 1 is 1.26 bits per heavy atom. The van der Waals surface area contributed by atoms with Crippen molar-refractivity contribution < 1.29 is 9.53 Å². The number of nitrogens with zero attached hydrogens (tertiary/aromatic N) is 3. The Kier molecular flexibility index (Phi) is 6.46. The summed E-state index contributed by atoms with van der Waals surface area (Å²) < 4.78 is 5.79. The van der Waals surface area contributed by atoms with Crippen molar-refractivity contribution in [2.45, 2.75) is 32.7 Å². The maximum atomic E-state index is 12.4. The fourth-order valence-corrected chi connectivity index (χ4v) is 3.00. The number of anilines is 2. The third-order valence-corrected chi connectivity index (χ3v) is 4.41. The van der Waals surface area contributed by atoms with Crippen LogP contribution in [0.4, 0.5) is 16.3 Å². The summed E-state index contributed by atoms with van der Waals surface area (Å²) in [6.45, 7) is 6.49. The SMILES string of the molecule is CC(C)COc1ccccc1NC(=O)NC1CCN(c2cnccn2)CC1. The van der Waals surface area contributed by atoms with Gasteiger partial charge in [-0.3, -0.25) is 4.98 Å². The second-order valence-electron chi connectivity index (χ2n) is 7.12. The molecule has 144 valence electrons. The summed E-state index contributed by atoms with van der Waals surface area (Å²) in [6.07, 6.45) is 6.89. The van der Waals surface area contributed by atoms with Gasteiger partial charge in [0.25, 0.3) is 0 Å². The number of hydrogen-bond donors (Lipinski definition) is 2. The van der Waals surface area contributed by atoms with Gasteiger partial charge in [0, 0.05) is 31.5 Å². The molecule has 2 amide bonds. The Morgan fingerprint density at radius 3 is 2.74 bits per heavy atom. The maximum Gasteiger partial charge on any atom is 0.319 e. The summed E-state index contributed by atoms with van der Waals surface area (Å²) in [5.74, 6) is 2.00. The van der Waals surface area contributed by atoms with Gasteiger partial charge in [-0.1, -0.05) is 26.0 Å². The Morgan fingerprint density at radius 2 is 2.04 bits per heavy atom. The van der Waals surface area contributed by atoms with E-state index in [9.17, 15) is 4.79 Å². The number of carbonyl (C=O) groups excluding carboxylic acids is 1. The van der Waals surface area contributed by atoms with E-state index in [-0.39, 0.29) is 12.1 Å². The number of ether oxygens (including phenoxy) is 1. The number of nitrogens with one attached hydrogen (secondary N) is 2. The minimum Gasteiger partial charge on any atom is -0.491 e. The van der Waals surface area contributed by atoms with E-state index in [4.69, 9.17) is 4.74 Å². The van der Waals surface area contributed by atoms with E-state index in [1.165, 1.54) is 0 Å². The van der Waals surface area contributed by atoms with Crippen LogP contribution in [0.5, 0.6) is 5.75 Å². The van der Waals surface area contributed by atoms with Gasteiger partial charge in [0.05, 0.1) is 18.5 Å². The summed E-state index contributed by atoms with van der Waals surface area (Å²) in [6, 6.07) is 7.46. The Hall–Kier alpha value is -2.83. The molecule has 0 saturated carbocycles. The lowest BCUT2D eigenvalue weighted by Gasteiger charge is -2.32. The molecule has 2 aromatic rings. The molecular weight excluding hydrogens is 342 g/mol. The van der Waals surface area contributed by atoms with Crippen LogP contribution in [0.25, 0.3) is 0 Å². The van der Waals surface area contributed by atoms with Gasteiger partial charge in [0.1, 0.15) is 11.6 Å². The maximum absolute atomic E-state index is 12.4. The standard InChI is InChI=1S/C20H27N5O2/c1-15(2)14-27-18-6-4-3-5-17(18)24-20(26)23-16-7-11-25(12-8-16)19-13-21-9-10-22-19/h3-6,9-10,13,15-16H,7-8,11-12,14H2,1-2H3,(H2,23,24,26). The van der Waals surface area contributed by atoms with Crippen LogP contribution >= 0.6 is 0 Å². The van der Waals surface area contributed by atoms with Gasteiger partial charge in [0.2, 0.25) is 0 Å². The topological polar surface area (TPSA) is 79.4 Å². The average molecular weight is 369 g/mol. The van der Waals surface area contributed by atoms with E-state index in [2.05, 4.69) is 39.3 Å². The summed E-state index contributed by atoms with van der Waals surface area (Å²) in [4.78, 5) is 23.0.